The van der Waals surface area contributed by atoms with Crippen LogP contribution < -0.4 is 0 Å². The summed E-state index contributed by atoms with van der Waals surface area (Å²) >= 11 is 1.58. The Morgan fingerprint density at radius 3 is 2.65 bits per heavy atom. The van der Waals surface area contributed by atoms with Crippen LogP contribution in [0.5, 0.6) is 6.01 Å². The van der Waals surface area contributed by atoms with E-state index in [-0.39, 0.29) is 12.1 Å². The summed E-state index contributed by atoms with van der Waals surface area (Å²) in [4.78, 5) is 4.02. The summed E-state index contributed by atoms with van der Waals surface area (Å²) in [5.74, 6) is 0.825. The first-order chi connectivity index (χ1) is 8.16. The lowest BCUT2D eigenvalue weighted by molar-refractivity contribution is 0.413. The lowest BCUT2D eigenvalue weighted by Gasteiger charge is -2.07. The van der Waals surface area contributed by atoms with Crippen LogP contribution in [-0.4, -0.2) is 19.9 Å². The average molecular weight is 249 g/mol. The van der Waals surface area contributed by atoms with Gasteiger partial charge in [0.05, 0.1) is 0 Å². The fraction of sp³-hybridized carbons (Fsp3) is 0.333. The second-order valence-corrected chi connectivity index (χ2v) is 4.95. The maximum Gasteiger partial charge on any atom is 0.333 e. The van der Waals surface area contributed by atoms with E-state index in [1.54, 1.807) is 16.4 Å². The zero-order valence-electron chi connectivity index (χ0n) is 9.87. The van der Waals surface area contributed by atoms with Gasteiger partial charge in [-0.3, -0.25) is 0 Å². The monoisotopic (exact) mass is 249 g/mol. The number of aromatic hydroxyl groups is 1. The first-order valence-corrected chi connectivity index (χ1v) is 6.47. The van der Waals surface area contributed by atoms with Gasteiger partial charge in [0.15, 0.2) is 5.16 Å². The smallest absolute Gasteiger partial charge is 0.333 e. The van der Waals surface area contributed by atoms with E-state index in [1.165, 1.54) is 5.56 Å². The molecule has 0 unspecified atom stereocenters. The molecule has 0 bridgehead atoms. The zero-order chi connectivity index (χ0) is 12.3. The lowest BCUT2D eigenvalue weighted by atomic mass is 10.2. The van der Waals surface area contributed by atoms with Gasteiger partial charge < -0.3 is 5.11 Å². The summed E-state index contributed by atoms with van der Waals surface area (Å²) < 4.78 is 1.74. The number of nitrogens with zero attached hydrogens (tertiary/aromatic N) is 3. The van der Waals surface area contributed by atoms with Crippen molar-refractivity contribution in [1.29, 1.82) is 0 Å². The Morgan fingerprint density at radius 1 is 1.29 bits per heavy atom. The molecule has 2 aromatic rings. The molecule has 0 spiro atoms. The third-order valence-electron chi connectivity index (χ3n) is 2.29. The predicted molar refractivity (Wildman–Crippen MR) is 68.1 cm³/mol. The van der Waals surface area contributed by atoms with Gasteiger partial charge in [0, 0.05) is 11.8 Å². The maximum atomic E-state index is 9.32. The number of rotatable bonds is 4. The number of thioether (sulfide) groups is 1. The van der Waals surface area contributed by atoms with Crippen LogP contribution in [0.1, 0.15) is 25.5 Å². The van der Waals surface area contributed by atoms with Gasteiger partial charge in [-0.2, -0.15) is 4.98 Å². The van der Waals surface area contributed by atoms with Crippen molar-refractivity contribution in [3.05, 3.63) is 35.9 Å². The van der Waals surface area contributed by atoms with Crippen molar-refractivity contribution >= 4 is 11.8 Å². The second-order valence-electron chi connectivity index (χ2n) is 4.01. The molecule has 0 aliphatic carbocycles. The largest absolute Gasteiger partial charge is 0.478 e. The molecule has 2 rings (SSSR count). The second kappa shape index (κ2) is 5.23. The normalized spacial score (nSPS) is 11.0. The molecule has 1 aromatic carbocycles. The van der Waals surface area contributed by atoms with Crippen molar-refractivity contribution in [2.24, 2.45) is 0 Å². The number of aromatic nitrogens is 3. The van der Waals surface area contributed by atoms with Crippen LogP contribution in [0.2, 0.25) is 0 Å². The molecule has 17 heavy (non-hydrogen) atoms. The van der Waals surface area contributed by atoms with Gasteiger partial charge in [0.1, 0.15) is 0 Å². The molecule has 0 aliphatic rings. The molecule has 0 atom stereocenters. The summed E-state index contributed by atoms with van der Waals surface area (Å²) in [6, 6.07) is 10.2. The third-order valence-corrected chi connectivity index (χ3v) is 3.30. The Labute approximate surface area is 105 Å². The molecule has 4 nitrogen and oxygen atoms in total. The molecule has 5 heteroatoms. The van der Waals surface area contributed by atoms with Crippen molar-refractivity contribution < 1.29 is 5.11 Å². The molecule has 0 amide bonds. The molecular formula is C12H15N3OS. The van der Waals surface area contributed by atoms with E-state index in [0.29, 0.717) is 0 Å². The summed E-state index contributed by atoms with van der Waals surface area (Å²) in [7, 11) is 0. The van der Waals surface area contributed by atoms with E-state index < -0.39 is 0 Å². The molecule has 0 fully saturated rings. The molecule has 1 N–H and O–H groups in total. The van der Waals surface area contributed by atoms with Crippen molar-refractivity contribution in [1.82, 2.24) is 14.8 Å². The van der Waals surface area contributed by atoms with E-state index in [0.717, 1.165) is 10.9 Å². The van der Waals surface area contributed by atoms with Crippen LogP contribution in [0.4, 0.5) is 0 Å². The van der Waals surface area contributed by atoms with E-state index in [2.05, 4.69) is 22.2 Å². The molecule has 0 saturated carbocycles. The van der Waals surface area contributed by atoms with Crippen molar-refractivity contribution in [3.8, 4) is 6.01 Å². The standard InChI is InChI=1S/C12H15N3OS/c1-9(2)15-12(13-11(16)14-15)17-8-10-6-4-3-5-7-10/h3-7,9H,8H2,1-2H3,(H,14,16). The van der Waals surface area contributed by atoms with Gasteiger partial charge in [-0.25, -0.2) is 4.68 Å². The number of benzene rings is 1. The van der Waals surface area contributed by atoms with E-state index >= 15 is 0 Å². The fourth-order valence-electron chi connectivity index (χ4n) is 1.46. The highest BCUT2D eigenvalue weighted by molar-refractivity contribution is 7.98. The quantitative estimate of drug-likeness (QED) is 0.846. The lowest BCUT2D eigenvalue weighted by Crippen LogP contribution is -2.04. The van der Waals surface area contributed by atoms with Crippen molar-refractivity contribution in [2.45, 2.75) is 30.8 Å². The highest BCUT2D eigenvalue weighted by atomic mass is 32.2. The molecule has 1 aromatic heterocycles. The highest BCUT2D eigenvalue weighted by Gasteiger charge is 2.12. The molecular weight excluding hydrogens is 234 g/mol. The predicted octanol–water partition coefficient (Wildman–Crippen LogP) is 2.86. The number of hydrogen-bond donors (Lipinski definition) is 1. The van der Waals surface area contributed by atoms with Gasteiger partial charge in [-0.1, -0.05) is 42.1 Å². The van der Waals surface area contributed by atoms with Crippen molar-refractivity contribution in [3.63, 3.8) is 0 Å². The van der Waals surface area contributed by atoms with Crippen LogP contribution in [-0.2, 0) is 5.75 Å². The summed E-state index contributed by atoms with van der Waals surface area (Å²) in [5.41, 5.74) is 1.23. The van der Waals surface area contributed by atoms with Gasteiger partial charge in [-0.05, 0) is 19.4 Å². The van der Waals surface area contributed by atoms with Crippen molar-refractivity contribution in [2.75, 3.05) is 0 Å². The van der Waals surface area contributed by atoms with Gasteiger partial charge in [0.2, 0.25) is 0 Å². The summed E-state index contributed by atoms with van der Waals surface area (Å²) in [6.07, 6.45) is 0. The van der Waals surface area contributed by atoms with E-state index in [9.17, 15) is 5.11 Å². The third kappa shape index (κ3) is 3.00. The zero-order valence-corrected chi connectivity index (χ0v) is 10.7. The molecule has 0 radical (unpaired) electrons. The van der Waals surface area contributed by atoms with Gasteiger partial charge >= 0.3 is 6.01 Å². The Balaban J connectivity index is 2.09. The Hall–Kier alpha value is -1.49. The number of hydrogen-bond acceptors (Lipinski definition) is 4. The fourth-order valence-corrected chi connectivity index (χ4v) is 2.47. The Bertz CT molecular complexity index is 482. The summed E-state index contributed by atoms with van der Waals surface area (Å²) in [5, 5.41) is 14.0. The van der Waals surface area contributed by atoms with E-state index in [4.69, 9.17) is 0 Å². The molecule has 0 aliphatic heterocycles. The first kappa shape index (κ1) is 12.0. The van der Waals surface area contributed by atoms with Crippen LogP contribution in [0.3, 0.4) is 0 Å². The SMILES string of the molecule is CC(C)n1nc(O)nc1SCc1ccccc1. The Morgan fingerprint density at radius 2 is 2.00 bits per heavy atom. The van der Waals surface area contributed by atoms with E-state index in [1.807, 2.05) is 32.0 Å². The minimum atomic E-state index is -0.158. The molecule has 90 valence electrons. The maximum absolute atomic E-state index is 9.32. The molecule has 0 saturated heterocycles. The average Bonchev–Trinajstić information content (AvgIpc) is 2.69. The summed E-state index contributed by atoms with van der Waals surface area (Å²) in [6.45, 7) is 4.03. The van der Waals surface area contributed by atoms with Crippen LogP contribution in [0, 0.1) is 0 Å². The first-order valence-electron chi connectivity index (χ1n) is 5.49. The van der Waals surface area contributed by atoms with Gasteiger partial charge in [0.25, 0.3) is 0 Å². The minimum Gasteiger partial charge on any atom is -0.478 e. The highest BCUT2D eigenvalue weighted by Crippen LogP contribution is 2.24. The topological polar surface area (TPSA) is 50.9 Å². The van der Waals surface area contributed by atoms with Crippen LogP contribution >= 0.6 is 11.8 Å². The van der Waals surface area contributed by atoms with Gasteiger partial charge in [-0.15, -0.1) is 5.10 Å². The van der Waals surface area contributed by atoms with Crippen LogP contribution in [0.25, 0.3) is 0 Å². The Kier molecular flexibility index (Phi) is 3.68. The minimum absolute atomic E-state index is 0.158. The van der Waals surface area contributed by atoms with Crippen LogP contribution in [0.15, 0.2) is 35.5 Å². The molecule has 1 heterocycles.